The molecular weight excluding hydrogens is 326 g/mol. The maximum atomic E-state index is 6.04. The van der Waals surface area contributed by atoms with Crippen molar-refractivity contribution in [2.24, 2.45) is 0 Å². The van der Waals surface area contributed by atoms with Crippen LogP contribution in [-0.2, 0) is 6.61 Å². The zero-order valence-corrected chi connectivity index (χ0v) is 14.3. The molecule has 0 fully saturated rings. The van der Waals surface area contributed by atoms with Crippen LogP contribution in [0.4, 0.5) is 0 Å². The summed E-state index contributed by atoms with van der Waals surface area (Å²) in [4.78, 5) is 13.0. The molecule has 0 unspecified atom stereocenters. The molecule has 2 aromatic carbocycles. The summed E-state index contributed by atoms with van der Waals surface area (Å²) >= 11 is 0. The summed E-state index contributed by atoms with van der Waals surface area (Å²) < 4.78 is 11.3. The number of fused-ring (bicyclic) bond motifs is 1. The fraction of sp³-hybridized carbons (Fsp3) is 0.0952. The molecule has 0 bridgehead atoms. The van der Waals surface area contributed by atoms with E-state index in [0.717, 1.165) is 39.4 Å². The minimum Gasteiger partial charge on any atom is -0.497 e. The van der Waals surface area contributed by atoms with Gasteiger partial charge in [0.15, 0.2) is 0 Å². The van der Waals surface area contributed by atoms with Crippen LogP contribution < -0.4 is 9.47 Å². The first kappa shape index (κ1) is 16.0. The summed E-state index contributed by atoms with van der Waals surface area (Å²) in [6.07, 6.45) is 3.23. The van der Waals surface area contributed by atoms with Crippen LogP contribution in [0.15, 0.2) is 73.2 Å². The Labute approximate surface area is 151 Å². The molecule has 0 aliphatic carbocycles. The number of rotatable bonds is 5. The Bertz CT molecular complexity index is 1040. The maximum Gasteiger partial charge on any atom is 0.146 e. The van der Waals surface area contributed by atoms with Crippen LogP contribution in [-0.4, -0.2) is 22.1 Å². The second kappa shape index (κ2) is 7.19. The summed E-state index contributed by atoms with van der Waals surface area (Å²) in [5.41, 5.74) is 3.42. The molecule has 0 aliphatic heterocycles. The van der Waals surface area contributed by atoms with Gasteiger partial charge in [0.25, 0.3) is 0 Å². The number of ether oxygens (including phenoxy) is 2. The van der Waals surface area contributed by atoms with Gasteiger partial charge >= 0.3 is 0 Å². The van der Waals surface area contributed by atoms with E-state index >= 15 is 0 Å². The summed E-state index contributed by atoms with van der Waals surface area (Å²) in [6, 6.07) is 19.6. The third-order valence-electron chi connectivity index (χ3n) is 4.06. The Hall–Kier alpha value is -3.47. The Morgan fingerprint density at radius 3 is 2.69 bits per heavy atom. The van der Waals surface area contributed by atoms with Gasteiger partial charge in [0.2, 0.25) is 0 Å². The standard InChI is InChI=1S/C21H17N3O2/c1-25-17-6-2-4-15(12-17)13-26-20-7-3-5-16-8-9-19(24-21(16)20)18-10-11-22-14-23-18/h2-12,14H,13H2,1H3. The highest BCUT2D eigenvalue weighted by Gasteiger charge is 2.08. The van der Waals surface area contributed by atoms with Crippen LogP contribution in [0.3, 0.4) is 0 Å². The molecule has 0 aliphatic rings. The number of methoxy groups -OCH3 is 1. The van der Waals surface area contributed by atoms with Crippen LogP contribution in [0.5, 0.6) is 11.5 Å². The molecule has 0 N–H and O–H groups in total. The van der Waals surface area contributed by atoms with E-state index in [2.05, 4.69) is 9.97 Å². The van der Waals surface area contributed by atoms with Gasteiger partial charge in [-0.05, 0) is 35.9 Å². The lowest BCUT2D eigenvalue weighted by molar-refractivity contribution is 0.308. The van der Waals surface area contributed by atoms with E-state index in [9.17, 15) is 0 Å². The van der Waals surface area contributed by atoms with Crippen molar-refractivity contribution in [3.8, 4) is 22.9 Å². The van der Waals surface area contributed by atoms with Crippen molar-refractivity contribution in [3.05, 3.63) is 78.8 Å². The van der Waals surface area contributed by atoms with Crippen molar-refractivity contribution in [1.82, 2.24) is 15.0 Å². The van der Waals surface area contributed by atoms with Gasteiger partial charge in [0.05, 0.1) is 18.5 Å². The molecule has 128 valence electrons. The number of para-hydroxylation sites is 1. The van der Waals surface area contributed by atoms with E-state index in [4.69, 9.17) is 14.5 Å². The van der Waals surface area contributed by atoms with Crippen molar-refractivity contribution in [1.29, 1.82) is 0 Å². The van der Waals surface area contributed by atoms with Crippen LogP contribution in [0.1, 0.15) is 5.56 Å². The third-order valence-corrected chi connectivity index (χ3v) is 4.06. The van der Waals surface area contributed by atoms with Gasteiger partial charge in [0, 0.05) is 11.6 Å². The molecule has 2 heterocycles. The summed E-state index contributed by atoms with van der Waals surface area (Å²) in [6.45, 7) is 0.440. The molecule has 0 radical (unpaired) electrons. The van der Waals surface area contributed by atoms with Crippen LogP contribution >= 0.6 is 0 Å². The predicted molar refractivity (Wildman–Crippen MR) is 100 cm³/mol. The maximum absolute atomic E-state index is 6.04. The molecular formula is C21H17N3O2. The second-order valence-corrected chi connectivity index (χ2v) is 5.76. The quantitative estimate of drug-likeness (QED) is 0.541. The average Bonchev–Trinajstić information content (AvgIpc) is 2.72. The Morgan fingerprint density at radius 1 is 0.923 bits per heavy atom. The molecule has 0 saturated carbocycles. The molecule has 5 heteroatoms. The fourth-order valence-corrected chi connectivity index (χ4v) is 2.74. The van der Waals surface area contributed by atoms with Crippen LogP contribution in [0.25, 0.3) is 22.3 Å². The molecule has 0 atom stereocenters. The third kappa shape index (κ3) is 3.32. The van der Waals surface area contributed by atoms with E-state index in [-0.39, 0.29) is 0 Å². The average molecular weight is 343 g/mol. The molecule has 4 aromatic rings. The van der Waals surface area contributed by atoms with E-state index in [0.29, 0.717) is 6.61 Å². The fourth-order valence-electron chi connectivity index (χ4n) is 2.74. The van der Waals surface area contributed by atoms with Crippen molar-refractivity contribution >= 4 is 10.9 Å². The van der Waals surface area contributed by atoms with Crippen molar-refractivity contribution in [2.75, 3.05) is 7.11 Å². The lowest BCUT2D eigenvalue weighted by Gasteiger charge is -2.10. The van der Waals surface area contributed by atoms with Gasteiger partial charge in [-0.15, -0.1) is 0 Å². The molecule has 2 aromatic heterocycles. The topological polar surface area (TPSA) is 57.1 Å². The smallest absolute Gasteiger partial charge is 0.146 e. The second-order valence-electron chi connectivity index (χ2n) is 5.76. The monoisotopic (exact) mass is 343 g/mol. The highest BCUT2D eigenvalue weighted by Crippen LogP contribution is 2.27. The van der Waals surface area contributed by atoms with Gasteiger partial charge in [-0.1, -0.05) is 30.3 Å². The molecule has 5 nitrogen and oxygen atoms in total. The first-order chi connectivity index (χ1) is 12.8. The molecule has 4 rings (SSSR count). The van der Waals surface area contributed by atoms with E-state index in [1.165, 1.54) is 6.33 Å². The number of hydrogen-bond donors (Lipinski definition) is 0. The van der Waals surface area contributed by atoms with Gasteiger partial charge in [-0.2, -0.15) is 0 Å². The lowest BCUT2D eigenvalue weighted by atomic mass is 10.1. The zero-order valence-electron chi connectivity index (χ0n) is 14.3. The van der Waals surface area contributed by atoms with Crippen LogP contribution in [0.2, 0.25) is 0 Å². The first-order valence-electron chi connectivity index (χ1n) is 8.25. The van der Waals surface area contributed by atoms with Crippen molar-refractivity contribution < 1.29 is 9.47 Å². The van der Waals surface area contributed by atoms with Crippen molar-refractivity contribution in [3.63, 3.8) is 0 Å². The molecule has 0 saturated heterocycles. The van der Waals surface area contributed by atoms with Gasteiger partial charge < -0.3 is 9.47 Å². The van der Waals surface area contributed by atoms with E-state index in [1.807, 2.05) is 60.7 Å². The number of nitrogens with zero attached hydrogens (tertiary/aromatic N) is 3. The number of aromatic nitrogens is 3. The normalized spacial score (nSPS) is 10.7. The number of pyridine rings is 1. The van der Waals surface area contributed by atoms with E-state index < -0.39 is 0 Å². The highest BCUT2D eigenvalue weighted by molar-refractivity contribution is 5.86. The SMILES string of the molecule is COc1cccc(COc2cccc3ccc(-c4ccncn4)nc23)c1. The molecule has 0 spiro atoms. The Kier molecular flexibility index (Phi) is 4.43. The van der Waals surface area contributed by atoms with Gasteiger partial charge in [-0.25, -0.2) is 15.0 Å². The molecule has 26 heavy (non-hydrogen) atoms. The summed E-state index contributed by atoms with van der Waals surface area (Å²) in [5, 5.41) is 1.02. The molecule has 0 amide bonds. The first-order valence-corrected chi connectivity index (χ1v) is 8.25. The Balaban J connectivity index is 1.66. The van der Waals surface area contributed by atoms with E-state index in [1.54, 1.807) is 13.3 Å². The van der Waals surface area contributed by atoms with Gasteiger partial charge in [0.1, 0.15) is 29.9 Å². The predicted octanol–water partition coefficient (Wildman–Crippen LogP) is 4.28. The summed E-state index contributed by atoms with van der Waals surface area (Å²) in [7, 11) is 1.66. The summed E-state index contributed by atoms with van der Waals surface area (Å²) in [5.74, 6) is 1.55. The largest absolute Gasteiger partial charge is 0.497 e. The number of hydrogen-bond acceptors (Lipinski definition) is 5. The zero-order chi connectivity index (χ0) is 17.8. The Morgan fingerprint density at radius 2 is 1.85 bits per heavy atom. The van der Waals surface area contributed by atoms with Crippen molar-refractivity contribution in [2.45, 2.75) is 6.61 Å². The minimum atomic E-state index is 0.440. The number of benzene rings is 2. The highest BCUT2D eigenvalue weighted by atomic mass is 16.5. The lowest BCUT2D eigenvalue weighted by Crippen LogP contribution is -1.98. The minimum absolute atomic E-state index is 0.440. The van der Waals surface area contributed by atoms with Gasteiger partial charge in [-0.3, -0.25) is 0 Å². The van der Waals surface area contributed by atoms with Crippen LogP contribution in [0, 0.1) is 0 Å².